The van der Waals surface area contributed by atoms with Gasteiger partial charge in [-0.15, -0.1) is 0 Å². The molecule has 0 fully saturated rings. The lowest BCUT2D eigenvalue weighted by Gasteiger charge is -2.21. The van der Waals surface area contributed by atoms with Crippen LogP contribution in [0.3, 0.4) is 0 Å². The fourth-order valence-electron chi connectivity index (χ4n) is 3.18. The highest BCUT2D eigenvalue weighted by molar-refractivity contribution is 6.46. The van der Waals surface area contributed by atoms with Crippen LogP contribution in [-0.2, 0) is 11.3 Å². The number of nitrogens with zero attached hydrogens (tertiary/aromatic N) is 2. The molecule has 1 aliphatic heterocycles. The monoisotopic (exact) mass is 354 g/mol. The van der Waals surface area contributed by atoms with Gasteiger partial charge >= 0.3 is 0 Å². The molecular formula is C16H16Cl2N2O3. The van der Waals surface area contributed by atoms with Crippen molar-refractivity contribution in [2.24, 2.45) is 0 Å². The maximum atomic E-state index is 12.0. The highest BCUT2D eigenvalue weighted by atomic mass is 35.5. The first-order chi connectivity index (χ1) is 10.9. The summed E-state index contributed by atoms with van der Waals surface area (Å²) in [7, 11) is 1.52. The molecule has 1 aliphatic rings. The van der Waals surface area contributed by atoms with E-state index < -0.39 is 6.61 Å². The zero-order chi connectivity index (χ0) is 16.9. The van der Waals surface area contributed by atoms with Crippen LogP contribution in [-0.4, -0.2) is 34.6 Å². The van der Waals surface area contributed by atoms with Gasteiger partial charge in [-0.25, -0.2) is 0 Å². The van der Waals surface area contributed by atoms with Crippen LogP contribution in [0, 0.1) is 6.92 Å². The Labute approximate surface area is 143 Å². The first kappa shape index (κ1) is 16.3. The van der Waals surface area contributed by atoms with Gasteiger partial charge in [0, 0.05) is 17.6 Å². The van der Waals surface area contributed by atoms with Gasteiger partial charge in [-0.3, -0.25) is 9.78 Å². The third-order valence-corrected chi connectivity index (χ3v) is 5.21. The summed E-state index contributed by atoms with van der Waals surface area (Å²) in [6.07, 6.45) is 0. The Bertz CT molecular complexity index is 823. The van der Waals surface area contributed by atoms with Crippen molar-refractivity contribution in [3.8, 4) is 5.75 Å². The Kier molecular flexibility index (Phi) is 4.12. The van der Waals surface area contributed by atoms with Crippen molar-refractivity contribution in [2.45, 2.75) is 26.4 Å². The number of aromatic nitrogens is 1. The lowest BCUT2D eigenvalue weighted by atomic mass is 9.99. The minimum absolute atomic E-state index is 0.184. The number of carbonyl (C=O) groups is 1. The molecular weight excluding hydrogens is 339 g/mol. The minimum Gasteiger partial charge on any atom is -0.495 e. The third kappa shape index (κ3) is 2.35. The fraction of sp³-hybridized carbons (Fsp3) is 0.375. The molecule has 0 bridgehead atoms. The van der Waals surface area contributed by atoms with Crippen LogP contribution in [0.25, 0.3) is 10.9 Å². The molecule has 0 radical (unpaired) electrons. The van der Waals surface area contributed by atoms with Crippen LogP contribution < -0.4 is 4.74 Å². The predicted octanol–water partition coefficient (Wildman–Crippen LogP) is 3.25. The van der Waals surface area contributed by atoms with Crippen LogP contribution in [0.15, 0.2) is 6.07 Å². The van der Waals surface area contributed by atoms with E-state index in [0.717, 1.165) is 22.2 Å². The van der Waals surface area contributed by atoms with E-state index in [1.807, 2.05) is 13.8 Å². The van der Waals surface area contributed by atoms with Gasteiger partial charge in [-0.1, -0.05) is 23.2 Å². The van der Waals surface area contributed by atoms with Crippen molar-refractivity contribution >= 4 is 40.0 Å². The quantitative estimate of drug-likeness (QED) is 0.898. The molecule has 0 aliphatic carbocycles. The number of fused-ring (bicyclic) bond motifs is 3. The second-order valence-corrected chi connectivity index (χ2v) is 6.30. The molecule has 1 N–H and O–H groups in total. The van der Waals surface area contributed by atoms with Crippen molar-refractivity contribution in [3.05, 3.63) is 32.9 Å². The molecule has 0 unspecified atom stereocenters. The van der Waals surface area contributed by atoms with E-state index in [9.17, 15) is 9.90 Å². The van der Waals surface area contributed by atoms with E-state index in [4.69, 9.17) is 27.9 Å². The predicted molar refractivity (Wildman–Crippen MR) is 89.1 cm³/mol. The number of carbonyl (C=O) groups excluding carboxylic acids is 1. The second kappa shape index (κ2) is 5.82. The van der Waals surface area contributed by atoms with Gasteiger partial charge in [-0.05, 0) is 31.0 Å². The molecule has 23 heavy (non-hydrogen) atoms. The average molecular weight is 355 g/mol. The number of rotatable bonds is 2. The zero-order valence-corrected chi connectivity index (χ0v) is 14.5. The number of methoxy groups -OCH3 is 1. The molecule has 1 aromatic carbocycles. The maximum absolute atomic E-state index is 12.0. The van der Waals surface area contributed by atoms with Crippen LogP contribution in [0.2, 0.25) is 10.0 Å². The summed E-state index contributed by atoms with van der Waals surface area (Å²) >= 11 is 12.6. The zero-order valence-electron chi connectivity index (χ0n) is 13.0. The lowest BCUT2D eigenvalue weighted by molar-refractivity contribution is -0.136. The standard InChI is InChI=1S/C16H16Cl2N2O3/c1-7-10-5-20(12(22)6-21)8(2)13(10)9-4-11(23-3)14(17)15(18)16(9)19-7/h4,8,21H,5-6H2,1-3H3/t8-/m0/s1. The molecule has 5 nitrogen and oxygen atoms in total. The summed E-state index contributed by atoms with van der Waals surface area (Å²) in [6, 6.07) is 1.62. The van der Waals surface area contributed by atoms with E-state index in [0.29, 0.717) is 27.9 Å². The number of aliphatic hydroxyl groups excluding tert-OH is 1. The van der Waals surface area contributed by atoms with Gasteiger partial charge < -0.3 is 14.7 Å². The maximum Gasteiger partial charge on any atom is 0.249 e. The van der Waals surface area contributed by atoms with Gasteiger partial charge in [0.1, 0.15) is 17.4 Å². The number of pyridine rings is 1. The van der Waals surface area contributed by atoms with Gasteiger partial charge in [0.25, 0.3) is 0 Å². The van der Waals surface area contributed by atoms with Gasteiger partial charge in [0.05, 0.1) is 23.7 Å². The van der Waals surface area contributed by atoms with Crippen molar-refractivity contribution < 1.29 is 14.6 Å². The Morgan fingerprint density at radius 2 is 2.17 bits per heavy atom. The lowest BCUT2D eigenvalue weighted by Crippen LogP contribution is -2.30. The number of hydrogen-bond acceptors (Lipinski definition) is 4. The Morgan fingerprint density at radius 3 is 2.78 bits per heavy atom. The van der Waals surface area contributed by atoms with Crippen LogP contribution in [0.1, 0.15) is 29.8 Å². The third-order valence-electron chi connectivity index (χ3n) is 4.37. The van der Waals surface area contributed by atoms with Gasteiger partial charge in [0.15, 0.2) is 0 Å². The summed E-state index contributed by atoms with van der Waals surface area (Å²) in [5, 5.41) is 10.6. The fourth-order valence-corrected chi connectivity index (χ4v) is 3.64. The summed E-state index contributed by atoms with van der Waals surface area (Å²) in [6.45, 7) is 3.71. The molecule has 7 heteroatoms. The molecule has 2 aromatic rings. The molecule has 3 rings (SSSR count). The molecule has 2 heterocycles. The van der Waals surface area contributed by atoms with Gasteiger partial charge in [-0.2, -0.15) is 0 Å². The Hall–Kier alpha value is -1.56. The number of halogens is 2. The normalized spacial score (nSPS) is 16.8. The summed E-state index contributed by atoms with van der Waals surface area (Å²) in [4.78, 5) is 18.2. The Morgan fingerprint density at radius 1 is 1.48 bits per heavy atom. The first-order valence-corrected chi connectivity index (χ1v) is 7.91. The van der Waals surface area contributed by atoms with Crippen LogP contribution in [0.5, 0.6) is 5.75 Å². The SMILES string of the molecule is COc1cc2c3c(c(C)nc2c(Cl)c1Cl)CN(C(=O)CO)[C@H]3C. The molecule has 1 atom stereocenters. The van der Waals surface area contributed by atoms with Crippen LogP contribution >= 0.6 is 23.2 Å². The number of aryl methyl sites for hydroxylation is 1. The summed E-state index contributed by atoms with van der Waals surface area (Å²) < 4.78 is 5.29. The molecule has 1 amide bonds. The highest BCUT2D eigenvalue weighted by Gasteiger charge is 2.34. The number of benzene rings is 1. The van der Waals surface area contributed by atoms with Crippen molar-refractivity contribution in [1.82, 2.24) is 9.88 Å². The molecule has 0 saturated carbocycles. The van der Waals surface area contributed by atoms with Crippen LogP contribution in [0.4, 0.5) is 0 Å². The van der Waals surface area contributed by atoms with Crippen molar-refractivity contribution in [2.75, 3.05) is 13.7 Å². The molecule has 0 spiro atoms. The van der Waals surface area contributed by atoms with E-state index in [1.165, 1.54) is 7.11 Å². The van der Waals surface area contributed by atoms with Crippen molar-refractivity contribution in [3.63, 3.8) is 0 Å². The molecule has 0 saturated heterocycles. The van der Waals surface area contributed by atoms with E-state index in [1.54, 1.807) is 11.0 Å². The largest absolute Gasteiger partial charge is 0.495 e. The van der Waals surface area contributed by atoms with E-state index >= 15 is 0 Å². The van der Waals surface area contributed by atoms with E-state index in [2.05, 4.69) is 4.98 Å². The van der Waals surface area contributed by atoms with Gasteiger partial charge in [0.2, 0.25) is 5.91 Å². The molecule has 1 aromatic heterocycles. The van der Waals surface area contributed by atoms with Crippen molar-refractivity contribution in [1.29, 1.82) is 0 Å². The summed E-state index contributed by atoms with van der Waals surface area (Å²) in [5.74, 6) is 0.157. The minimum atomic E-state index is -0.515. The summed E-state index contributed by atoms with van der Waals surface area (Å²) in [5.41, 5.74) is 3.35. The smallest absolute Gasteiger partial charge is 0.249 e. The topological polar surface area (TPSA) is 62.7 Å². The number of ether oxygens (including phenoxy) is 1. The molecule has 122 valence electrons. The average Bonchev–Trinajstić information content (AvgIpc) is 2.89. The van der Waals surface area contributed by atoms with E-state index in [-0.39, 0.29) is 11.9 Å². The Balaban J connectivity index is 2.32. The second-order valence-electron chi connectivity index (χ2n) is 5.55. The first-order valence-electron chi connectivity index (χ1n) is 7.16. The number of aliphatic hydroxyl groups is 1. The number of amides is 1. The highest BCUT2D eigenvalue weighted by Crippen LogP contribution is 2.45. The number of hydrogen-bond donors (Lipinski definition) is 1.